The van der Waals surface area contributed by atoms with Crippen LogP contribution in [0.4, 0.5) is 11.5 Å². The van der Waals surface area contributed by atoms with Crippen molar-refractivity contribution in [1.82, 2.24) is 4.98 Å². The lowest BCUT2D eigenvalue weighted by Gasteiger charge is -2.13. The van der Waals surface area contributed by atoms with Crippen molar-refractivity contribution in [3.8, 4) is 11.3 Å². The fourth-order valence-corrected chi connectivity index (χ4v) is 2.40. The molecule has 0 unspecified atom stereocenters. The van der Waals surface area contributed by atoms with E-state index in [1.54, 1.807) is 24.3 Å². The topological polar surface area (TPSA) is 94.0 Å². The Bertz CT molecular complexity index is 848. The van der Waals surface area contributed by atoms with Gasteiger partial charge in [-0.3, -0.25) is 4.79 Å². The molecule has 0 spiro atoms. The van der Waals surface area contributed by atoms with E-state index in [0.717, 1.165) is 11.1 Å². The molecular formula is C19H18N4O. The summed E-state index contributed by atoms with van der Waals surface area (Å²) in [6.45, 7) is 0.266. The Morgan fingerprint density at radius 3 is 2.25 bits per heavy atom. The normalized spacial score (nSPS) is 10.4. The van der Waals surface area contributed by atoms with Crippen molar-refractivity contribution in [2.75, 3.05) is 11.1 Å². The molecule has 24 heavy (non-hydrogen) atoms. The maximum atomic E-state index is 12.4. The highest BCUT2D eigenvalue weighted by Gasteiger charge is 2.14. The molecule has 3 aromatic rings. The molecular weight excluding hydrogens is 300 g/mol. The fraction of sp³-hybridized carbons (Fsp3) is 0.0526. The van der Waals surface area contributed by atoms with Crippen LogP contribution in [0.15, 0.2) is 66.7 Å². The summed E-state index contributed by atoms with van der Waals surface area (Å²) in [5.74, 6) is 0.0636. The zero-order chi connectivity index (χ0) is 16.9. The Labute approximate surface area is 140 Å². The van der Waals surface area contributed by atoms with Gasteiger partial charge < -0.3 is 16.8 Å². The van der Waals surface area contributed by atoms with Crippen molar-refractivity contribution in [3.63, 3.8) is 0 Å². The molecule has 0 aliphatic heterocycles. The molecule has 0 atom stereocenters. The minimum Gasteiger partial charge on any atom is -0.395 e. The Kier molecular flexibility index (Phi) is 4.54. The van der Waals surface area contributed by atoms with E-state index in [0.29, 0.717) is 22.8 Å². The van der Waals surface area contributed by atoms with Crippen molar-refractivity contribution in [2.24, 2.45) is 5.73 Å². The van der Waals surface area contributed by atoms with Gasteiger partial charge in [-0.25, -0.2) is 4.98 Å². The highest BCUT2D eigenvalue weighted by molar-refractivity contribution is 6.05. The molecule has 2 aromatic carbocycles. The summed E-state index contributed by atoms with van der Waals surface area (Å²) >= 11 is 0. The van der Waals surface area contributed by atoms with Gasteiger partial charge in [0.25, 0.3) is 5.91 Å². The summed E-state index contributed by atoms with van der Waals surface area (Å²) < 4.78 is 0. The van der Waals surface area contributed by atoms with E-state index >= 15 is 0 Å². The summed E-state index contributed by atoms with van der Waals surface area (Å²) in [7, 11) is 0. The highest BCUT2D eigenvalue weighted by atomic mass is 16.1. The minimum absolute atomic E-state index is 0.261. The predicted molar refractivity (Wildman–Crippen MR) is 96.4 cm³/mol. The van der Waals surface area contributed by atoms with Gasteiger partial charge in [0.15, 0.2) is 5.82 Å². The first kappa shape index (κ1) is 15.7. The number of nitrogen functional groups attached to an aromatic ring is 1. The maximum absolute atomic E-state index is 12.4. The molecule has 0 fully saturated rings. The predicted octanol–water partition coefficient (Wildman–Crippen LogP) is 3.04. The van der Waals surface area contributed by atoms with Gasteiger partial charge in [-0.2, -0.15) is 0 Å². The minimum atomic E-state index is -0.261. The number of nitrogens with zero attached hydrogens (tertiary/aromatic N) is 1. The van der Waals surface area contributed by atoms with Gasteiger partial charge in [-0.05, 0) is 23.8 Å². The third kappa shape index (κ3) is 3.26. The molecule has 0 saturated carbocycles. The number of aromatic nitrogens is 1. The van der Waals surface area contributed by atoms with Crippen LogP contribution in [0.5, 0.6) is 0 Å². The number of benzene rings is 2. The second-order valence-electron chi connectivity index (χ2n) is 5.32. The lowest BCUT2D eigenvalue weighted by molar-refractivity contribution is 0.102. The molecule has 0 bridgehead atoms. The Hall–Kier alpha value is -3.18. The van der Waals surface area contributed by atoms with Crippen molar-refractivity contribution in [1.29, 1.82) is 0 Å². The number of rotatable bonds is 4. The SMILES string of the molecule is NCc1cc(-c2ccccc2)nc(NC(=O)c2ccccc2)c1N. The molecule has 0 aliphatic rings. The van der Waals surface area contributed by atoms with E-state index in [-0.39, 0.29) is 12.5 Å². The third-order valence-electron chi connectivity index (χ3n) is 3.70. The second-order valence-corrected chi connectivity index (χ2v) is 5.32. The Balaban J connectivity index is 1.99. The van der Waals surface area contributed by atoms with Crippen LogP contribution in [-0.2, 0) is 6.54 Å². The van der Waals surface area contributed by atoms with Gasteiger partial charge in [0, 0.05) is 17.7 Å². The number of nitrogens with one attached hydrogen (secondary N) is 1. The third-order valence-corrected chi connectivity index (χ3v) is 3.70. The smallest absolute Gasteiger partial charge is 0.256 e. The number of anilines is 2. The molecule has 5 N–H and O–H groups in total. The standard InChI is InChI=1S/C19H18N4O/c20-12-15-11-16(13-7-3-1-4-8-13)22-18(17(15)21)23-19(24)14-9-5-2-6-10-14/h1-11H,12,20-21H2,(H,22,23,24). The van der Waals surface area contributed by atoms with Gasteiger partial charge in [0.05, 0.1) is 11.4 Å². The van der Waals surface area contributed by atoms with E-state index in [9.17, 15) is 4.79 Å². The Morgan fingerprint density at radius 1 is 1.00 bits per heavy atom. The van der Waals surface area contributed by atoms with Crippen LogP contribution in [0.3, 0.4) is 0 Å². The van der Waals surface area contributed by atoms with Crippen LogP contribution < -0.4 is 16.8 Å². The van der Waals surface area contributed by atoms with Gasteiger partial charge in [-0.1, -0.05) is 48.5 Å². The monoisotopic (exact) mass is 318 g/mol. The van der Waals surface area contributed by atoms with Crippen LogP contribution in [0.1, 0.15) is 15.9 Å². The van der Waals surface area contributed by atoms with Gasteiger partial charge in [0.2, 0.25) is 0 Å². The summed E-state index contributed by atoms with van der Waals surface area (Å²) in [5.41, 5.74) is 15.2. The molecule has 1 amide bonds. The lowest BCUT2D eigenvalue weighted by atomic mass is 10.1. The molecule has 0 aliphatic carbocycles. The largest absolute Gasteiger partial charge is 0.395 e. The molecule has 0 radical (unpaired) electrons. The molecule has 3 rings (SSSR count). The fourth-order valence-electron chi connectivity index (χ4n) is 2.40. The van der Waals surface area contributed by atoms with Crippen molar-refractivity contribution in [2.45, 2.75) is 6.54 Å². The van der Waals surface area contributed by atoms with Crippen molar-refractivity contribution in [3.05, 3.63) is 77.9 Å². The average Bonchev–Trinajstić information content (AvgIpc) is 2.64. The number of nitrogens with two attached hydrogens (primary N) is 2. The van der Waals surface area contributed by atoms with E-state index in [1.807, 2.05) is 42.5 Å². The molecule has 1 heterocycles. The summed E-state index contributed by atoms with van der Waals surface area (Å²) in [4.78, 5) is 16.9. The lowest BCUT2D eigenvalue weighted by Crippen LogP contribution is -2.16. The average molecular weight is 318 g/mol. The van der Waals surface area contributed by atoms with E-state index in [2.05, 4.69) is 10.3 Å². The number of pyridine rings is 1. The zero-order valence-corrected chi connectivity index (χ0v) is 13.1. The number of carbonyl (C=O) groups is 1. The molecule has 1 aromatic heterocycles. The maximum Gasteiger partial charge on any atom is 0.256 e. The summed E-state index contributed by atoms with van der Waals surface area (Å²) in [6.07, 6.45) is 0. The van der Waals surface area contributed by atoms with Crippen molar-refractivity contribution >= 4 is 17.4 Å². The number of hydrogen-bond acceptors (Lipinski definition) is 4. The molecule has 0 saturated heterocycles. The van der Waals surface area contributed by atoms with Crippen LogP contribution in [-0.4, -0.2) is 10.9 Å². The second kappa shape index (κ2) is 6.93. The first-order valence-electron chi connectivity index (χ1n) is 7.60. The summed E-state index contributed by atoms with van der Waals surface area (Å²) in [5, 5.41) is 2.78. The van der Waals surface area contributed by atoms with Gasteiger partial charge in [0.1, 0.15) is 0 Å². The first-order chi connectivity index (χ1) is 11.7. The molecule has 120 valence electrons. The van der Waals surface area contributed by atoms with E-state index in [4.69, 9.17) is 11.5 Å². The highest BCUT2D eigenvalue weighted by Crippen LogP contribution is 2.27. The first-order valence-corrected chi connectivity index (χ1v) is 7.60. The van der Waals surface area contributed by atoms with E-state index in [1.165, 1.54) is 0 Å². The molecule has 5 nitrogen and oxygen atoms in total. The number of hydrogen-bond donors (Lipinski definition) is 3. The van der Waals surface area contributed by atoms with Crippen molar-refractivity contribution < 1.29 is 4.79 Å². The number of carbonyl (C=O) groups excluding carboxylic acids is 1. The molecule has 5 heteroatoms. The zero-order valence-electron chi connectivity index (χ0n) is 13.1. The van der Waals surface area contributed by atoms with E-state index < -0.39 is 0 Å². The quantitative estimate of drug-likeness (QED) is 0.689. The van der Waals surface area contributed by atoms with Crippen LogP contribution in [0.2, 0.25) is 0 Å². The number of amides is 1. The van der Waals surface area contributed by atoms with Gasteiger partial charge >= 0.3 is 0 Å². The Morgan fingerprint density at radius 2 is 1.62 bits per heavy atom. The van der Waals surface area contributed by atoms with Gasteiger partial charge in [-0.15, -0.1) is 0 Å². The van der Waals surface area contributed by atoms with Crippen LogP contribution in [0.25, 0.3) is 11.3 Å². The summed E-state index contributed by atoms with van der Waals surface area (Å²) in [6, 6.07) is 20.5. The van der Waals surface area contributed by atoms with Crippen LogP contribution in [0, 0.1) is 0 Å². The van der Waals surface area contributed by atoms with Crippen LogP contribution >= 0.6 is 0 Å².